The average Bonchev–Trinajstić information content (AvgIpc) is 2.96. The smallest absolute Gasteiger partial charge is 0.163 e. The number of rotatable bonds is 2. The Morgan fingerprint density at radius 1 is 0.958 bits per heavy atom. The van der Waals surface area contributed by atoms with Crippen molar-refractivity contribution in [1.29, 1.82) is 0 Å². The summed E-state index contributed by atoms with van der Waals surface area (Å²) in [6.45, 7) is 5.78. The number of anilines is 2. The van der Waals surface area contributed by atoms with Gasteiger partial charge in [0.2, 0.25) is 0 Å². The number of aromatic nitrogens is 4. The minimum atomic E-state index is 0.788. The first-order valence-electron chi connectivity index (χ1n) is 8.03. The summed E-state index contributed by atoms with van der Waals surface area (Å²) in [5.41, 5.74) is 2.16. The largest absolute Gasteiger partial charge is 0.368 e. The molecule has 7 heteroatoms. The topological polar surface area (TPSA) is 50.1 Å². The van der Waals surface area contributed by atoms with Gasteiger partial charge in [-0.3, -0.25) is 4.68 Å². The van der Waals surface area contributed by atoms with Crippen LogP contribution in [0.1, 0.15) is 5.82 Å². The van der Waals surface area contributed by atoms with Gasteiger partial charge in [-0.2, -0.15) is 5.10 Å². The maximum Gasteiger partial charge on any atom is 0.163 e. The number of hydrogen-bond donors (Lipinski definition) is 0. The molecule has 0 spiro atoms. The molecule has 0 aliphatic carbocycles. The molecule has 4 rings (SSSR count). The van der Waals surface area contributed by atoms with Crippen LogP contribution in [0.15, 0.2) is 34.9 Å². The van der Waals surface area contributed by atoms with E-state index in [1.807, 2.05) is 24.9 Å². The minimum Gasteiger partial charge on any atom is -0.368 e. The highest BCUT2D eigenvalue weighted by molar-refractivity contribution is 9.10. The molecule has 1 saturated heterocycles. The highest BCUT2D eigenvalue weighted by Gasteiger charge is 2.21. The fourth-order valence-electron chi connectivity index (χ4n) is 3.18. The second-order valence-electron chi connectivity index (χ2n) is 6.05. The molecule has 0 radical (unpaired) electrons. The summed E-state index contributed by atoms with van der Waals surface area (Å²) in [6.07, 6.45) is 1.87. The van der Waals surface area contributed by atoms with Crippen LogP contribution in [0.5, 0.6) is 0 Å². The maximum atomic E-state index is 4.68. The summed E-state index contributed by atoms with van der Waals surface area (Å²) >= 11 is 3.49. The van der Waals surface area contributed by atoms with Gasteiger partial charge in [0, 0.05) is 43.4 Å². The van der Waals surface area contributed by atoms with Crippen molar-refractivity contribution in [3.8, 4) is 0 Å². The number of piperazine rings is 1. The van der Waals surface area contributed by atoms with Crippen LogP contribution in [0.4, 0.5) is 11.5 Å². The number of nitrogens with zero attached hydrogens (tertiary/aromatic N) is 6. The van der Waals surface area contributed by atoms with Crippen molar-refractivity contribution in [3.63, 3.8) is 0 Å². The Kier molecular flexibility index (Phi) is 3.88. The van der Waals surface area contributed by atoms with E-state index in [9.17, 15) is 0 Å². The molecule has 3 aromatic rings. The zero-order valence-corrected chi connectivity index (χ0v) is 15.4. The second-order valence-corrected chi connectivity index (χ2v) is 6.97. The van der Waals surface area contributed by atoms with Gasteiger partial charge >= 0.3 is 0 Å². The lowest BCUT2D eigenvalue weighted by Gasteiger charge is -2.37. The van der Waals surface area contributed by atoms with Crippen molar-refractivity contribution in [3.05, 3.63) is 40.8 Å². The van der Waals surface area contributed by atoms with E-state index in [0.717, 1.165) is 53.3 Å². The van der Waals surface area contributed by atoms with Gasteiger partial charge < -0.3 is 9.80 Å². The van der Waals surface area contributed by atoms with Gasteiger partial charge in [-0.05, 0) is 31.2 Å². The van der Waals surface area contributed by atoms with Crippen molar-refractivity contribution >= 4 is 38.5 Å². The van der Waals surface area contributed by atoms with Gasteiger partial charge in [0.15, 0.2) is 5.65 Å². The fourth-order valence-corrected chi connectivity index (χ4v) is 3.45. The van der Waals surface area contributed by atoms with E-state index >= 15 is 0 Å². The zero-order valence-electron chi connectivity index (χ0n) is 13.8. The van der Waals surface area contributed by atoms with Crippen molar-refractivity contribution in [2.45, 2.75) is 6.92 Å². The molecule has 0 atom stereocenters. The summed E-state index contributed by atoms with van der Waals surface area (Å²) in [5.74, 6) is 1.79. The van der Waals surface area contributed by atoms with Gasteiger partial charge in [0.05, 0.1) is 11.6 Å². The third-order valence-corrected chi connectivity index (χ3v) is 4.98. The van der Waals surface area contributed by atoms with Crippen LogP contribution in [-0.4, -0.2) is 45.9 Å². The Morgan fingerprint density at radius 2 is 1.62 bits per heavy atom. The Balaban J connectivity index is 1.57. The van der Waals surface area contributed by atoms with Crippen molar-refractivity contribution < 1.29 is 0 Å². The molecule has 24 heavy (non-hydrogen) atoms. The van der Waals surface area contributed by atoms with Gasteiger partial charge in [0.25, 0.3) is 0 Å². The van der Waals surface area contributed by atoms with Crippen LogP contribution in [0, 0.1) is 6.92 Å². The Hall–Kier alpha value is -2.15. The Bertz CT molecular complexity index is 865. The lowest BCUT2D eigenvalue weighted by molar-refractivity contribution is 0.648. The lowest BCUT2D eigenvalue weighted by atomic mass is 10.2. The van der Waals surface area contributed by atoms with Crippen LogP contribution in [0.3, 0.4) is 0 Å². The van der Waals surface area contributed by atoms with E-state index in [0.29, 0.717) is 0 Å². The zero-order chi connectivity index (χ0) is 16.7. The van der Waals surface area contributed by atoms with Crippen LogP contribution < -0.4 is 9.80 Å². The molecule has 0 unspecified atom stereocenters. The summed E-state index contributed by atoms with van der Waals surface area (Å²) in [6, 6.07) is 8.51. The van der Waals surface area contributed by atoms with Crippen LogP contribution >= 0.6 is 15.9 Å². The number of halogens is 1. The molecule has 3 heterocycles. The van der Waals surface area contributed by atoms with Gasteiger partial charge in [-0.15, -0.1) is 0 Å². The molecule has 1 aliphatic heterocycles. The van der Waals surface area contributed by atoms with Gasteiger partial charge in [-0.25, -0.2) is 9.97 Å². The first-order valence-corrected chi connectivity index (χ1v) is 8.83. The third-order valence-electron chi connectivity index (χ3n) is 4.45. The number of benzene rings is 1. The predicted molar refractivity (Wildman–Crippen MR) is 99.6 cm³/mol. The van der Waals surface area contributed by atoms with Crippen LogP contribution in [0.2, 0.25) is 0 Å². The molecule has 1 aromatic carbocycles. The molecule has 2 aromatic heterocycles. The molecule has 0 amide bonds. The average molecular weight is 387 g/mol. The molecule has 1 fully saturated rings. The molecule has 1 aliphatic rings. The number of aryl methyl sites for hydroxylation is 2. The number of hydrogen-bond acceptors (Lipinski definition) is 5. The van der Waals surface area contributed by atoms with Gasteiger partial charge in [-0.1, -0.05) is 15.9 Å². The van der Waals surface area contributed by atoms with E-state index in [2.05, 4.69) is 65.1 Å². The lowest BCUT2D eigenvalue weighted by Crippen LogP contribution is -2.47. The van der Waals surface area contributed by atoms with Gasteiger partial charge in [0.1, 0.15) is 11.6 Å². The van der Waals surface area contributed by atoms with E-state index < -0.39 is 0 Å². The first kappa shape index (κ1) is 15.4. The van der Waals surface area contributed by atoms with Crippen LogP contribution in [-0.2, 0) is 7.05 Å². The summed E-state index contributed by atoms with van der Waals surface area (Å²) in [4.78, 5) is 13.9. The first-order chi connectivity index (χ1) is 11.6. The summed E-state index contributed by atoms with van der Waals surface area (Å²) in [7, 11) is 1.92. The normalized spacial score (nSPS) is 15.3. The molecule has 124 valence electrons. The third kappa shape index (κ3) is 2.73. The van der Waals surface area contributed by atoms with Crippen molar-refractivity contribution in [2.24, 2.45) is 7.05 Å². The molecular weight excluding hydrogens is 368 g/mol. The van der Waals surface area contributed by atoms with E-state index in [1.54, 1.807) is 0 Å². The summed E-state index contributed by atoms with van der Waals surface area (Å²) in [5, 5.41) is 5.36. The SMILES string of the molecule is Cc1nc(N2CCN(c3ccc(Br)cc3)CC2)c2cnn(C)c2n1. The molecule has 0 bridgehead atoms. The number of fused-ring (bicyclic) bond motifs is 1. The quantitative estimate of drug-likeness (QED) is 0.677. The molecule has 6 nitrogen and oxygen atoms in total. The predicted octanol–water partition coefficient (Wildman–Crippen LogP) is 2.76. The second kappa shape index (κ2) is 6.05. The monoisotopic (exact) mass is 386 g/mol. The molecule has 0 saturated carbocycles. The highest BCUT2D eigenvalue weighted by atomic mass is 79.9. The fraction of sp³-hybridized carbons (Fsp3) is 0.353. The standard InChI is InChI=1S/C17H19BrN6/c1-12-20-16-15(11-19-22(16)2)17(21-12)24-9-7-23(8-10-24)14-5-3-13(18)4-6-14/h3-6,11H,7-10H2,1-2H3. The van der Waals surface area contributed by atoms with E-state index in [4.69, 9.17) is 0 Å². The van der Waals surface area contributed by atoms with E-state index in [-0.39, 0.29) is 0 Å². The van der Waals surface area contributed by atoms with Crippen LogP contribution in [0.25, 0.3) is 11.0 Å². The maximum absolute atomic E-state index is 4.68. The van der Waals surface area contributed by atoms with Crippen molar-refractivity contribution in [1.82, 2.24) is 19.7 Å². The minimum absolute atomic E-state index is 0.788. The van der Waals surface area contributed by atoms with Crippen molar-refractivity contribution in [2.75, 3.05) is 36.0 Å². The Morgan fingerprint density at radius 3 is 2.33 bits per heavy atom. The highest BCUT2D eigenvalue weighted by Crippen LogP contribution is 2.26. The summed E-state index contributed by atoms with van der Waals surface area (Å²) < 4.78 is 2.92. The Labute approximate surface area is 149 Å². The molecular formula is C17H19BrN6. The van der Waals surface area contributed by atoms with E-state index in [1.165, 1.54) is 5.69 Å². The molecule has 0 N–H and O–H groups in total.